The van der Waals surface area contributed by atoms with Crippen molar-refractivity contribution in [2.45, 2.75) is 19.9 Å². The lowest BCUT2D eigenvalue weighted by Gasteiger charge is -2.10. The van der Waals surface area contributed by atoms with Crippen molar-refractivity contribution >= 4 is 17.5 Å². The number of nitrogens with two attached hydrogens (primary N) is 1. The first-order chi connectivity index (χ1) is 12.0. The van der Waals surface area contributed by atoms with Gasteiger partial charge in [-0.15, -0.1) is 12.3 Å². The molecule has 2 aromatic rings. The summed E-state index contributed by atoms with van der Waals surface area (Å²) in [5.41, 5.74) is 6.54. The van der Waals surface area contributed by atoms with E-state index < -0.39 is 5.91 Å². The van der Waals surface area contributed by atoms with Crippen molar-refractivity contribution in [1.29, 1.82) is 0 Å². The molecular formula is C19H20ClN3O2. The number of aromatic nitrogens is 1. The SMILES string of the molecule is C#CC(C)CCNCc1ccc(Oc2ccc(C(N)=O)cn2)c(Cl)c1. The van der Waals surface area contributed by atoms with Crippen molar-refractivity contribution in [3.8, 4) is 24.0 Å². The molecule has 1 aromatic heterocycles. The molecular weight excluding hydrogens is 338 g/mol. The van der Waals surface area contributed by atoms with Gasteiger partial charge in [0.2, 0.25) is 11.8 Å². The number of hydrogen-bond donors (Lipinski definition) is 2. The van der Waals surface area contributed by atoms with Gasteiger partial charge in [0.15, 0.2) is 0 Å². The normalized spacial score (nSPS) is 11.6. The van der Waals surface area contributed by atoms with Crippen LogP contribution in [0.1, 0.15) is 29.3 Å². The number of nitrogens with zero attached hydrogens (tertiary/aromatic N) is 1. The van der Waals surface area contributed by atoms with Crippen molar-refractivity contribution in [1.82, 2.24) is 10.3 Å². The second-order valence-electron chi connectivity index (χ2n) is 5.65. The van der Waals surface area contributed by atoms with E-state index in [-0.39, 0.29) is 5.92 Å². The molecule has 25 heavy (non-hydrogen) atoms. The Hall–Kier alpha value is -2.55. The molecule has 0 aliphatic rings. The van der Waals surface area contributed by atoms with Gasteiger partial charge in [-0.1, -0.05) is 24.6 Å². The molecule has 0 radical (unpaired) electrons. The minimum atomic E-state index is -0.537. The number of carbonyl (C=O) groups excluding carboxylic acids is 1. The summed E-state index contributed by atoms with van der Waals surface area (Å²) in [7, 11) is 0. The lowest BCUT2D eigenvalue weighted by Crippen LogP contribution is -2.16. The molecule has 0 aliphatic heterocycles. The zero-order valence-electron chi connectivity index (χ0n) is 14.0. The van der Waals surface area contributed by atoms with Crippen LogP contribution in [0.15, 0.2) is 36.5 Å². The molecule has 2 rings (SSSR count). The second kappa shape index (κ2) is 9.07. The Labute approximate surface area is 152 Å². The van der Waals surface area contributed by atoms with Crippen LogP contribution in [0.3, 0.4) is 0 Å². The Morgan fingerprint density at radius 3 is 2.84 bits per heavy atom. The Balaban J connectivity index is 1.92. The number of pyridine rings is 1. The summed E-state index contributed by atoms with van der Waals surface area (Å²) in [6.45, 7) is 3.56. The maximum atomic E-state index is 11.0. The number of carbonyl (C=O) groups is 1. The summed E-state index contributed by atoms with van der Waals surface area (Å²) < 4.78 is 5.63. The lowest BCUT2D eigenvalue weighted by atomic mass is 10.1. The largest absolute Gasteiger partial charge is 0.437 e. The van der Waals surface area contributed by atoms with Gasteiger partial charge in [0.1, 0.15) is 5.75 Å². The van der Waals surface area contributed by atoms with E-state index >= 15 is 0 Å². The monoisotopic (exact) mass is 357 g/mol. The molecule has 1 unspecified atom stereocenters. The Kier molecular flexibility index (Phi) is 6.81. The highest BCUT2D eigenvalue weighted by Crippen LogP contribution is 2.29. The van der Waals surface area contributed by atoms with Crippen molar-refractivity contribution in [2.75, 3.05) is 6.54 Å². The summed E-state index contributed by atoms with van der Waals surface area (Å²) in [6, 6.07) is 8.67. The molecule has 3 N–H and O–H groups in total. The van der Waals surface area contributed by atoms with Crippen LogP contribution in [0.2, 0.25) is 5.02 Å². The minimum absolute atomic E-state index is 0.264. The molecule has 1 atom stereocenters. The number of primary amides is 1. The smallest absolute Gasteiger partial charge is 0.250 e. The van der Waals surface area contributed by atoms with Gasteiger partial charge in [-0.25, -0.2) is 4.98 Å². The molecule has 0 bridgehead atoms. The summed E-state index contributed by atoms with van der Waals surface area (Å²) >= 11 is 6.27. The Bertz CT molecular complexity index is 769. The van der Waals surface area contributed by atoms with Crippen LogP contribution in [0.25, 0.3) is 0 Å². The second-order valence-corrected chi connectivity index (χ2v) is 6.06. The maximum Gasteiger partial charge on any atom is 0.250 e. The van der Waals surface area contributed by atoms with Crippen molar-refractivity contribution in [2.24, 2.45) is 11.7 Å². The fraction of sp³-hybridized carbons (Fsp3) is 0.263. The minimum Gasteiger partial charge on any atom is -0.437 e. The van der Waals surface area contributed by atoms with Crippen LogP contribution in [0.5, 0.6) is 11.6 Å². The molecule has 1 amide bonds. The zero-order chi connectivity index (χ0) is 18.2. The number of amides is 1. The number of benzene rings is 1. The summed E-state index contributed by atoms with van der Waals surface area (Å²) in [6.07, 6.45) is 7.64. The van der Waals surface area contributed by atoms with Crippen LogP contribution in [0.4, 0.5) is 0 Å². The highest BCUT2D eigenvalue weighted by Gasteiger charge is 2.07. The zero-order valence-corrected chi connectivity index (χ0v) is 14.7. The van der Waals surface area contributed by atoms with Gasteiger partial charge in [-0.3, -0.25) is 4.79 Å². The number of halogens is 1. The number of rotatable bonds is 8. The van der Waals surface area contributed by atoms with Crippen LogP contribution in [0, 0.1) is 18.3 Å². The van der Waals surface area contributed by atoms with Crippen LogP contribution in [-0.4, -0.2) is 17.4 Å². The number of nitrogens with one attached hydrogen (secondary N) is 1. The molecule has 130 valence electrons. The molecule has 0 fully saturated rings. The standard InChI is InChI=1S/C19H20ClN3O2/c1-3-13(2)8-9-22-11-14-4-6-17(16(20)10-14)25-18-7-5-15(12-23-18)19(21)24/h1,4-7,10,12-13,22H,8-9,11H2,2H3,(H2,21,24). The van der Waals surface area contributed by atoms with E-state index in [4.69, 9.17) is 28.5 Å². The number of terminal acetylenes is 1. The van der Waals surface area contributed by atoms with Crippen molar-refractivity contribution in [3.05, 3.63) is 52.7 Å². The molecule has 0 saturated carbocycles. The summed E-state index contributed by atoms with van der Waals surface area (Å²) in [5, 5.41) is 3.81. The van der Waals surface area contributed by atoms with E-state index in [0.29, 0.717) is 28.8 Å². The van der Waals surface area contributed by atoms with Gasteiger partial charge >= 0.3 is 0 Å². The van der Waals surface area contributed by atoms with E-state index in [1.165, 1.54) is 6.20 Å². The van der Waals surface area contributed by atoms with Gasteiger partial charge < -0.3 is 15.8 Å². The highest BCUT2D eigenvalue weighted by atomic mass is 35.5. The molecule has 6 heteroatoms. The average Bonchev–Trinajstić information content (AvgIpc) is 2.61. The lowest BCUT2D eigenvalue weighted by molar-refractivity contribution is 0.1000. The first-order valence-corrected chi connectivity index (χ1v) is 8.26. The fourth-order valence-corrected chi connectivity index (χ4v) is 2.31. The molecule has 5 nitrogen and oxygen atoms in total. The van der Waals surface area contributed by atoms with E-state index in [1.807, 2.05) is 19.1 Å². The first-order valence-electron chi connectivity index (χ1n) is 7.88. The van der Waals surface area contributed by atoms with E-state index in [9.17, 15) is 4.79 Å². The van der Waals surface area contributed by atoms with Crippen LogP contribution in [-0.2, 0) is 6.54 Å². The van der Waals surface area contributed by atoms with Crippen LogP contribution < -0.4 is 15.8 Å². The predicted molar refractivity (Wildman–Crippen MR) is 98.6 cm³/mol. The number of ether oxygens (including phenoxy) is 1. The average molecular weight is 358 g/mol. The van der Waals surface area contributed by atoms with E-state index in [1.54, 1.807) is 18.2 Å². The predicted octanol–water partition coefficient (Wildman–Crippen LogP) is 3.38. The quantitative estimate of drug-likeness (QED) is 0.561. The summed E-state index contributed by atoms with van der Waals surface area (Å²) in [5.74, 6) is 3.26. The topological polar surface area (TPSA) is 77.2 Å². The Morgan fingerprint density at radius 2 is 2.24 bits per heavy atom. The highest BCUT2D eigenvalue weighted by molar-refractivity contribution is 6.32. The van der Waals surface area contributed by atoms with Gasteiger partial charge in [0, 0.05) is 24.7 Å². The van der Waals surface area contributed by atoms with Crippen LogP contribution >= 0.6 is 11.6 Å². The third-order valence-corrected chi connectivity index (χ3v) is 3.89. The maximum absolute atomic E-state index is 11.0. The molecule has 1 heterocycles. The van der Waals surface area contributed by atoms with E-state index in [0.717, 1.165) is 18.5 Å². The first kappa shape index (κ1) is 18.8. The number of hydrogen-bond acceptors (Lipinski definition) is 4. The molecule has 0 spiro atoms. The third kappa shape index (κ3) is 5.79. The van der Waals surface area contributed by atoms with Gasteiger partial charge in [0.05, 0.1) is 10.6 Å². The fourth-order valence-electron chi connectivity index (χ4n) is 2.07. The Morgan fingerprint density at radius 1 is 1.44 bits per heavy atom. The molecule has 1 aromatic carbocycles. The third-order valence-electron chi connectivity index (χ3n) is 3.60. The summed E-state index contributed by atoms with van der Waals surface area (Å²) in [4.78, 5) is 15.1. The molecule has 0 aliphatic carbocycles. The van der Waals surface area contributed by atoms with Gasteiger partial charge in [-0.05, 0) is 36.7 Å². The van der Waals surface area contributed by atoms with Crippen molar-refractivity contribution in [3.63, 3.8) is 0 Å². The molecule has 0 saturated heterocycles. The van der Waals surface area contributed by atoms with Gasteiger partial charge in [0.25, 0.3) is 0 Å². The van der Waals surface area contributed by atoms with Gasteiger partial charge in [-0.2, -0.15) is 0 Å². The van der Waals surface area contributed by atoms with Crippen molar-refractivity contribution < 1.29 is 9.53 Å². The van der Waals surface area contributed by atoms with E-state index in [2.05, 4.69) is 16.2 Å².